The monoisotopic (exact) mass is 584 g/mol. The van der Waals surface area contributed by atoms with E-state index in [1.165, 1.54) is 4.90 Å². The van der Waals surface area contributed by atoms with Gasteiger partial charge >= 0.3 is 6.09 Å². The van der Waals surface area contributed by atoms with Crippen LogP contribution in [-0.4, -0.2) is 61.0 Å². The topological polar surface area (TPSA) is 100 Å². The Kier molecular flexibility index (Phi) is 9.73. The lowest BCUT2D eigenvalue weighted by molar-refractivity contribution is -0.141. The zero-order valence-electron chi connectivity index (χ0n) is 24.7. The Labute approximate surface area is 251 Å². The van der Waals surface area contributed by atoms with Crippen LogP contribution in [0.4, 0.5) is 4.79 Å². The lowest BCUT2D eigenvalue weighted by Gasteiger charge is -2.25. The van der Waals surface area contributed by atoms with Gasteiger partial charge in [0.05, 0.1) is 25.5 Å². The zero-order chi connectivity index (χ0) is 30.2. The van der Waals surface area contributed by atoms with Crippen molar-refractivity contribution < 1.29 is 33.0 Å². The minimum atomic E-state index is -0.886. The first kappa shape index (κ1) is 29.8. The average Bonchev–Trinajstić information content (AvgIpc) is 3.59. The fourth-order valence-electron chi connectivity index (χ4n) is 5.15. The number of carbonyl (C=O) groups is 2. The molecule has 1 aliphatic heterocycles. The van der Waals surface area contributed by atoms with Gasteiger partial charge in [0, 0.05) is 31.1 Å². The Morgan fingerprint density at radius 1 is 1.07 bits per heavy atom. The Balaban J connectivity index is 1.23. The number of nitrogens with zero attached hydrogens (tertiary/aromatic N) is 2. The minimum absolute atomic E-state index is 0.148. The van der Waals surface area contributed by atoms with Crippen molar-refractivity contribution in [3.63, 3.8) is 0 Å². The second-order valence-corrected chi connectivity index (χ2v) is 10.2. The molecule has 0 radical (unpaired) electrons. The summed E-state index contributed by atoms with van der Waals surface area (Å²) in [4.78, 5) is 32.1. The summed E-state index contributed by atoms with van der Waals surface area (Å²) in [5, 5.41) is 0. The van der Waals surface area contributed by atoms with Crippen molar-refractivity contribution in [2.75, 3.05) is 26.9 Å². The smallest absolute Gasteiger partial charge is 0.417 e. The predicted octanol–water partition coefficient (Wildman–Crippen LogP) is 5.82. The van der Waals surface area contributed by atoms with Gasteiger partial charge in [0.2, 0.25) is 5.89 Å². The first-order chi connectivity index (χ1) is 21.0. The number of amides is 2. The van der Waals surface area contributed by atoms with E-state index in [0.717, 1.165) is 28.1 Å². The highest BCUT2D eigenvalue weighted by molar-refractivity contribution is 5.96. The second-order valence-electron chi connectivity index (χ2n) is 10.2. The van der Waals surface area contributed by atoms with Crippen LogP contribution in [0.25, 0.3) is 11.5 Å². The number of methoxy groups -OCH3 is 1. The number of aromatic nitrogens is 1. The summed E-state index contributed by atoms with van der Waals surface area (Å²) in [5.74, 6) is 2.10. The highest BCUT2D eigenvalue weighted by Gasteiger charge is 2.41. The maximum Gasteiger partial charge on any atom is 0.417 e. The zero-order valence-corrected chi connectivity index (χ0v) is 24.7. The predicted molar refractivity (Wildman–Crippen MR) is 160 cm³/mol. The highest BCUT2D eigenvalue weighted by Crippen LogP contribution is 2.28. The summed E-state index contributed by atoms with van der Waals surface area (Å²) >= 11 is 0. The molecule has 9 nitrogen and oxygen atoms in total. The van der Waals surface area contributed by atoms with Crippen molar-refractivity contribution >= 4 is 12.0 Å². The van der Waals surface area contributed by atoms with Crippen LogP contribution in [0.3, 0.4) is 0 Å². The van der Waals surface area contributed by atoms with Gasteiger partial charge in [0.1, 0.15) is 30.0 Å². The standard InChI is InChI=1S/C34H36N2O7/c1-4-40-31(33(37)36-27(22-42-34(36)38)19-24-11-7-5-8-12-24)20-26-15-16-28(21-30(26)39-3)41-18-17-29-23(2)43-32(35-29)25-13-9-6-10-14-25/h5-16,21,27,31H,4,17-20,22H2,1-3H3/t27?,31-/m0/s1. The van der Waals surface area contributed by atoms with Crippen LogP contribution < -0.4 is 9.47 Å². The Bertz CT molecular complexity index is 1520. The summed E-state index contributed by atoms with van der Waals surface area (Å²) < 4.78 is 28.6. The summed E-state index contributed by atoms with van der Waals surface area (Å²) in [6, 6.07) is 24.6. The Hall–Kier alpha value is -4.63. The van der Waals surface area contributed by atoms with E-state index in [2.05, 4.69) is 4.98 Å². The SMILES string of the molecule is CCO[C@@H](Cc1ccc(OCCc2nc(-c3ccccc3)oc2C)cc1OC)C(=O)N1C(=O)OCC1Cc1ccccc1. The minimum Gasteiger partial charge on any atom is -0.496 e. The number of oxazole rings is 1. The number of ether oxygens (including phenoxy) is 4. The number of hydrogen-bond acceptors (Lipinski definition) is 8. The summed E-state index contributed by atoms with van der Waals surface area (Å²) in [7, 11) is 1.57. The highest BCUT2D eigenvalue weighted by atomic mass is 16.6. The number of benzene rings is 3. The first-order valence-electron chi connectivity index (χ1n) is 14.4. The molecule has 3 aromatic carbocycles. The molecule has 2 heterocycles. The van der Waals surface area contributed by atoms with Crippen molar-refractivity contribution in [3.8, 4) is 23.0 Å². The number of rotatable bonds is 13. The molecule has 0 N–H and O–H groups in total. The molecule has 9 heteroatoms. The lowest BCUT2D eigenvalue weighted by Crippen LogP contribution is -2.47. The summed E-state index contributed by atoms with van der Waals surface area (Å²) in [5.41, 5.74) is 3.54. The van der Waals surface area contributed by atoms with Gasteiger partial charge in [-0.3, -0.25) is 4.79 Å². The molecule has 43 heavy (non-hydrogen) atoms. The lowest BCUT2D eigenvalue weighted by atomic mass is 10.0. The number of imide groups is 1. The fraction of sp³-hybridized carbons (Fsp3) is 0.324. The molecule has 2 atom stereocenters. The van der Waals surface area contributed by atoms with Crippen LogP contribution in [-0.2, 0) is 33.5 Å². The Morgan fingerprint density at radius 3 is 2.53 bits per heavy atom. The molecule has 1 fully saturated rings. The normalized spacial score (nSPS) is 15.3. The van der Waals surface area contributed by atoms with E-state index >= 15 is 0 Å². The maximum atomic E-state index is 13.6. The van der Waals surface area contributed by atoms with Gasteiger partial charge in [-0.1, -0.05) is 54.6 Å². The van der Waals surface area contributed by atoms with E-state index in [9.17, 15) is 9.59 Å². The van der Waals surface area contributed by atoms with Crippen LogP contribution >= 0.6 is 0 Å². The van der Waals surface area contributed by atoms with E-state index in [1.807, 2.05) is 86.6 Å². The van der Waals surface area contributed by atoms with Gasteiger partial charge in [0.25, 0.3) is 5.91 Å². The van der Waals surface area contributed by atoms with Crippen molar-refractivity contribution in [1.82, 2.24) is 9.88 Å². The number of carbonyl (C=O) groups excluding carboxylic acids is 2. The van der Waals surface area contributed by atoms with Crippen molar-refractivity contribution in [3.05, 3.63) is 101 Å². The molecule has 0 spiro atoms. The van der Waals surface area contributed by atoms with Crippen molar-refractivity contribution in [2.45, 2.75) is 45.3 Å². The number of cyclic esters (lactones) is 1. The molecule has 1 saturated heterocycles. The first-order valence-corrected chi connectivity index (χ1v) is 14.4. The van der Waals surface area contributed by atoms with E-state index in [4.69, 9.17) is 23.4 Å². The van der Waals surface area contributed by atoms with E-state index in [-0.39, 0.29) is 13.0 Å². The van der Waals surface area contributed by atoms with E-state index in [1.54, 1.807) is 13.2 Å². The molecule has 1 unspecified atom stereocenters. The van der Waals surface area contributed by atoms with Crippen LogP contribution in [0.2, 0.25) is 0 Å². The van der Waals surface area contributed by atoms with Crippen LogP contribution in [0.15, 0.2) is 83.3 Å². The van der Waals surface area contributed by atoms with Crippen LogP contribution in [0, 0.1) is 6.92 Å². The molecular formula is C34H36N2O7. The van der Waals surface area contributed by atoms with Gasteiger partial charge in [-0.05, 0) is 49.6 Å². The van der Waals surface area contributed by atoms with Crippen LogP contribution in [0.1, 0.15) is 29.5 Å². The van der Waals surface area contributed by atoms with Crippen LogP contribution in [0.5, 0.6) is 11.5 Å². The Morgan fingerprint density at radius 2 is 1.81 bits per heavy atom. The molecule has 5 rings (SSSR count). The summed E-state index contributed by atoms with van der Waals surface area (Å²) in [6.45, 7) is 4.56. The quantitative estimate of drug-likeness (QED) is 0.194. The fourth-order valence-corrected chi connectivity index (χ4v) is 5.15. The number of aryl methyl sites for hydroxylation is 1. The van der Waals surface area contributed by atoms with Gasteiger partial charge in [-0.25, -0.2) is 14.7 Å². The molecular weight excluding hydrogens is 548 g/mol. The van der Waals surface area contributed by atoms with E-state index < -0.39 is 24.1 Å². The second kappa shape index (κ2) is 14.0. The largest absolute Gasteiger partial charge is 0.496 e. The van der Waals surface area contributed by atoms with Gasteiger partial charge in [-0.15, -0.1) is 0 Å². The molecule has 2 amide bonds. The molecule has 224 valence electrons. The summed E-state index contributed by atoms with van der Waals surface area (Å²) in [6.07, 6.45) is -0.233. The molecule has 0 saturated carbocycles. The third-order valence-corrected chi connectivity index (χ3v) is 7.34. The third kappa shape index (κ3) is 7.24. The molecule has 0 bridgehead atoms. The van der Waals surface area contributed by atoms with Crippen molar-refractivity contribution in [1.29, 1.82) is 0 Å². The third-order valence-electron chi connectivity index (χ3n) is 7.34. The molecule has 1 aromatic heterocycles. The maximum absolute atomic E-state index is 13.6. The average molecular weight is 585 g/mol. The number of hydrogen-bond donors (Lipinski definition) is 0. The van der Waals surface area contributed by atoms with Gasteiger partial charge in [0.15, 0.2) is 0 Å². The molecule has 1 aliphatic rings. The van der Waals surface area contributed by atoms with Gasteiger partial charge < -0.3 is 23.4 Å². The molecule has 4 aromatic rings. The van der Waals surface area contributed by atoms with Gasteiger partial charge in [-0.2, -0.15) is 0 Å². The van der Waals surface area contributed by atoms with Crippen molar-refractivity contribution in [2.24, 2.45) is 0 Å². The molecule has 0 aliphatic carbocycles. The van der Waals surface area contributed by atoms with E-state index in [0.29, 0.717) is 43.4 Å².